The van der Waals surface area contributed by atoms with E-state index in [2.05, 4.69) is 15.6 Å². The van der Waals surface area contributed by atoms with Gasteiger partial charge in [0.1, 0.15) is 11.5 Å². The second kappa shape index (κ2) is 11.5. The number of benzene rings is 2. The van der Waals surface area contributed by atoms with Crippen molar-refractivity contribution in [3.05, 3.63) is 54.1 Å². The highest BCUT2D eigenvalue weighted by molar-refractivity contribution is 14.0. The molecular weight excluding hydrogens is 483 g/mol. The lowest BCUT2D eigenvalue weighted by molar-refractivity contribution is -0.123. The topological polar surface area (TPSA) is 98.0 Å². The number of aliphatic imine (C=N–C) groups is 1. The van der Waals surface area contributed by atoms with E-state index >= 15 is 0 Å². The zero-order valence-electron chi connectivity index (χ0n) is 16.4. The molecule has 0 heterocycles. The van der Waals surface area contributed by atoms with Crippen LogP contribution in [-0.4, -0.2) is 38.2 Å². The maximum atomic E-state index is 11.6. The Kier molecular flexibility index (Phi) is 9.04. The zero-order valence-corrected chi connectivity index (χ0v) is 18.7. The van der Waals surface area contributed by atoms with E-state index in [1.807, 2.05) is 48.5 Å². The molecule has 8 heteroatoms. The Morgan fingerprint density at radius 2 is 1.76 bits per heavy atom. The van der Waals surface area contributed by atoms with E-state index in [0.29, 0.717) is 24.3 Å². The molecule has 1 amide bonds. The molecule has 4 N–H and O–H groups in total. The first-order valence-electron chi connectivity index (χ1n) is 9.34. The van der Waals surface area contributed by atoms with Crippen molar-refractivity contribution in [1.29, 1.82) is 0 Å². The molecule has 29 heavy (non-hydrogen) atoms. The van der Waals surface area contributed by atoms with Crippen LogP contribution in [0.1, 0.15) is 18.4 Å². The lowest BCUT2D eigenvalue weighted by Crippen LogP contribution is -2.30. The van der Waals surface area contributed by atoms with Crippen LogP contribution in [0.2, 0.25) is 0 Å². The number of nitrogens with one attached hydrogen (secondary N) is 2. The lowest BCUT2D eigenvalue weighted by atomic mass is 10.1. The van der Waals surface area contributed by atoms with Crippen molar-refractivity contribution < 1.29 is 14.3 Å². The first-order valence-corrected chi connectivity index (χ1v) is 9.34. The van der Waals surface area contributed by atoms with E-state index < -0.39 is 0 Å². The third-order valence-electron chi connectivity index (χ3n) is 4.28. The molecule has 156 valence electrons. The van der Waals surface area contributed by atoms with Crippen molar-refractivity contribution in [2.45, 2.75) is 25.3 Å². The fourth-order valence-corrected chi connectivity index (χ4v) is 2.57. The summed E-state index contributed by atoms with van der Waals surface area (Å²) >= 11 is 0. The van der Waals surface area contributed by atoms with Gasteiger partial charge in [-0.1, -0.05) is 12.1 Å². The minimum absolute atomic E-state index is 0. The predicted octanol–water partition coefficient (Wildman–Crippen LogP) is 2.94. The summed E-state index contributed by atoms with van der Waals surface area (Å²) in [4.78, 5) is 16.0. The van der Waals surface area contributed by atoms with E-state index in [-0.39, 0.29) is 36.5 Å². The maximum absolute atomic E-state index is 11.6. The summed E-state index contributed by atoms with van der Waals surface area (Å²) in [6.07, 6.45) is 2.90. The van der Waals surface area contributed by atoms with Crippen LogP contribution in [0.25, 0.3) is 0 Å². The first kappa shape index (κ1) is 22.8. The van der Waals surface area contributed by atoms with Crippen LogP contribution in [0.4, 0.5) is 5.69 Å². The fraction of sp³-hybridized carbons (Fsp3) is 0.333. The van der Waals surface area contributed by atoms with Gasteiger partial charge in [0, 0.05) is 18.3 Å². The molecule has 0 radical (unpaired) electrons. The third-order valence-corrected chi connectivity index (χ3v) is 4.28. The first-order chi connectivity index (χ1) is 13.6. The Balaban J connectivity index is 0.00000300. The SMILES string of the molecule is COc1ccc(NC(N)=NCCc2ccc(OCC(=O)NC3CC3)cc2)cc1.I. The highest BCUT2D eigenvalue weighted by atomic mass is 127. The molecule has 0 bridgehead atoms. The van der Waals surface area contributed by atoms with Crippen molar-refractivity contribution in [2.75, 3.05) is 25.6 Å². The predicted molar refractivity (Wildman–Crippen MR) is 125 cm³/mol. The molecular formula is C21H27IN4O3. The van der Waals surface area contributed by atoms with E-state index in [9.17, 15) is 4.79 Å². The van der Waals surface area contributed by atoms with Crippen molar-refractivity contribution in [3.63, 3.8) is 0 Å². The average Bonchev–Trinajstić information content (AvgIpc) is 3.52. The van der Waals surface area contributed by atoms with E-state index in [1.165, 1.54) is 0 Å². The summed E-state index contributed by atoms with van der Waals surface area (Å²) in [5.41, 5.74) is 7.90. The molecule has 1 aliphatic rings. The number of rotatable bonds is 9. The molecule has 0 saturated heterocycles. The maximum Gasteiger partial charge on any atom is 0.258 e. The van der Waals surface area contributed by atoms with Gasteiger partial charge in [-0.05, 0) is 61.2 Å². The van der Waals surface area contributed by atoms with Crippen LogP contribution in [0.15, 0.2) is 53.5 Å². The number of nitrogens with two attached hydrogens (primary N) is 1. The number of ether oxygens (including phenoxy) is 2. The summed E-state index contributed by atoms with van der Waals surface area (Å²) in [5.74, 6) is 1.77. The van der Waals surface area contributed by atoms with Crippen LogP contribution >= 0.6 is 24.0 Å². The molecule has 3 rings (SSSR count). The van der Waals surface area contributed by atoms with Crippen LogP contribution in [0, 0.1) is 0 Å². The van der Waals surface area contributed by atoms with Gasteiger partial charge in [0.2, 0.25) is 0 Å². The number of methoxy groups -OCH3 is 1. The van der Waals surface area contributed by atoms with Crippen molar-refractivity contribution in [1.82, 2.24) is 5.32 Å². The van der Waals surface area contributed by atoms with E-state index in [4.69, 9.17) is 15.2 Å². The zero-order chi connectivity index (χ0) is 19.8. The normalized spacial score (nSPS) is 13.2. The Hall–Kier alpha value is -2.49. The van der Waals surface area contributed by atoms with Gasteiger partial charge in [0.15, 0.2) is 12.6 Å². The number of hydrogen-bond donors (Lipinski definition) is 3. The quantitative estimate of drug-likeness (QED) is 0.274. The van der Waals surface area contributed by atoms with Crippen LogP contribution in [-0.2, 0) is 11.2 Å². The largest absolute Gasteiger partial charge is 0.497 e. The number of halogens is 1. The van der Waals surface area contributed by atoms with Crippen molar-refractivity contribution in [2.24, 2.45) is 10.7 Å². The van der Waals surface area contributed by atoms with Gasteiger partial charge >= 0.3 is 0 Å². The fourth-order valence-electron chi connectivity index (χ4n) is 2.57. The van der Waals surface area contributed by atoms with Gasteiger partial charge < -0.3 is 25.8 Å². The summed E-state index contributed by atoms with van der Waals surface area (Å²) in [6.45, 7) is 0.618. The van der Waals surface area contributed by atoms with Gasteiger partial charge in [-0.2, -0.15) is 0 Å². The smallest absolute Gasteiger partial charge is 0.258 e. The van der Waals surface area contributed by atoms with Crippen molar-refractivity contribution >= 4 is 41.5 Å². The minimum atomic E-state index is -0.0688. The molecule has 1 fully saturated rings. The van der Waals surface area contributed by atoms with Crippen LogP contribution in [0.3, 0.4) is 0 Å². The monoisotopic (exact) mass is 510 g/mol. The summed E-state index contributed by atoms with van der Waals surface area (Å²) in [7, 11) is 1.63. The van der Waals surface area contributed by atoms with Crippen molar-refractivity contribution in [3.8, 4) is 11.5 Å². The summed E-state index contributed by atoms with van der Waals surface area (Å²) in [5, 5.41) is 5.94. The Morgan fingerprint density at radius 1 is 1.10 bits per heavy atom. The second-order valence-corrected chi connectivity index (χ2v) is 6.64. The molecule has 0 aliphatic heterocycles. The lowest BCUT2D eigenvalue weighted by Gasteiger charge is -2.08. The summed E-state index contributed by atoms with van der Waals surface area (Å²) in [6, 6.07) is 15.5. The summed E-state index contributed by atoms with van der Waals surface area (Å²) < 4.78 is 10.6. The number of carbonyl (C=O) groups is 1. The molecule has 2 aromatic carbocycles. The standard InChI is InChI=1S/C21H26N4O3.HI/c1-27-18-10-6-17(7-11-18)25-21(22)23-13-12-15-2-8-19(9-3-15)28-14-20(26)24-16-4-5-16;/h2-3,6-11,16H,4-5,12-14H2,1H3,(H,24,26)(H3,22,23,25);1H. The molecule has 1 aliphatic carbocycles. The van der Waals surface area contributed by atoms with Gasteiger partial charge in [0.25, 0.3) is 5.91 Å². The Morgan fingerprint density at radius 3 is 2.38 bits per heavy atom. The van der Waals surface area contributed by atoms with Gasteiger partial charge in [-0.25, -0.2) is 0 Å². The molecule has 1 saturated carbocycles. The van der Waals surface area contributed by atoms with Gasteiger partial charge in [-0.3, -0.25) is 9.79 Å². The molecule has 0 unspecified atom stereocenters. The molecule has 7 nitrogen and oxygen atoms in total. The molecule has 0 aromatic heterocycles. The Labute approximate surface area is 188 Å². The van der Waals surface area contributed by atoms with Gasteiger partial charge in [-0.15, -0.1) is 24.0 Å². The third kappa shape index (κ3) is 8.18. The average molecular weight is 510 g/mol. The Bertz CT molecular complexity index is 806. The molecule has 0 spiro atoms. The number of amides is 1. The number of hydrogen-bond acceptors (Lipinski definition) is 4. The number of anilines is 1. The number of carbonyl (C=O) groups excluding carboxylic acids is 1. The van der Waals surface area contributed by atoms with E-state index in [1.54, 1.807) is 7.11 Å². The van der Waals surface area contributed by atoms with Gasteiger partial charge in [0.05, 0.1) is 7.11 Å². The minimum Gasteiger partial charge on any atom is -0.497 e. The number of guanidine groups is 1. The highest BCUT2D eigenvalue weighted by Crippen LogP contribution is 2.18. The highest BCUT2D eigenvalue weighted by Gasteiger charge is 2.23. The van der Waals surface area contributed by atoms with E-state index in [0.717, 1.165) is 36.3 Å². The number of nitrogens with zero attached hydrogens (tertiary/aromatic N) is 1. The second-order valence-electron chi connectivity index (χ2n) is 6.64. The molecule has 2 aromatic rings. The van der Waals surface area contributed by atoms with Crippen LogP contribution < -0.4 is 25.8 Å². The van der Waals surface area contributed by atoms with Crippen LogP contribution in [0.5, 0.6) is 11.5 Å². The molecule has 0 atom stereocenters.